The van der Waals surface area contributed by atoms with Gasteiger partial charge in [0.15, 0.2) is 0 Å². The molecule has 1 aromatic rings. The smallest absolute Gasteiger partial charge is 0.0774 e. The molecular weight excluding hydrogens is 229 g/mol. The fourth-order valence-corrected chi connectivity index (χ4v) is 2.97. The van der Waals surface area contributed by atoms with Crippen molar-refractivity contribution >= 4 is 23.6 Å². The van der Waals surface area contributed by atoms with E-state index in [4.69, 9.17) is 23.6 Å². The van der Waals surface area contributed by atoms with Gasteiger partial charge in [0.1, 0.15) is 0 Å². The fourth-order valence-electron chi connectivity index (χ4n) is 2.44. The molecule has 0 bridgehead atoms. The minimum atomic E-state index is -0.164. The van der Waals surface area contributed by atoms with E-state index in [1.807, 2.05) is 18.2 Å². The van der Waals surface area contributed by atoms with Gasteiger partial charge in [0.25, 0.3) is 0 Å². The zero-order valence-electron chi connectivity index (χ0n) is 8.63. The molecule has 2 rings (SSSR count). The molecule has 82 valence electrons. The number of hydrogen-bond acceptors (Lipinski definition) is 1. The highest BCUT2D eigenvalue weighted by Gasteiger charge is 2.38. The highest BCUT2D eigenvalue weighted by Crippen LogP contribution is 2.44. The Hall–Kier alpha value is -0.240. The first-order valence-electron chi connectivity index (χ1n) is 5.43. The molecule has 0 atom stereocenters. The Morgan fingerprint density at radius 3 is 2.07 bits per heavy atom. The standard InChI is InChI=1S/C12H15Cl2N/c13-15(14)12(9-5-2-6-10-12)11-7-3-1-4-8-11/h1,3-4,7-8H,2,5-6,9-10H2. The minimum Gasteiger partial charge on any atom is -0.121 e. The van der Waals surface area contributed by atoms with E-state index in [0.717, 1.165) is 12.8 Å². The van der Waals surface area contributed by atoms with E-state index >= 15 is 0 Å². The zero-order valence-corrected chi connectivity index (χ0v) is 10.1. The van der Waals surface area contributed by atoms with E-state index in [-0.39, 0.29) is 5.54 Å². The number of hydrogen-bond donors (Lipinski definition) is 0. The van der Waals surface area contributed by atoms with Gasteiger partial charge in [0, 0.05) is 0 Å². The first-order chi connectivity index (χ1) is 7.26. The molecule has 1 fully saturated rings. The van der Waals surface area contributed by atoms with Crippen molar-refractivity contribution in [2.45, 2.75) is 37.6 Å². The van der Waals surface area contributed by atoms with Gasteiger partial charge < -0.3 is 0 Å². The number of halogens is 2. The molecule has 0 heterocycles. The molecular formula is C12H15Cl2N. The Labute approximate surface area is 101 Å². The van der Waals surface area contributed by atoms with E-state index < -0.39 is 0 Å². The first-order valence-corrected chi connectivity index (χ1v) is 6.11. The summed E-state index contributed by atoms with van der Waals surface area (Å²) in [5.74, 6) is 0. The molecule has 0 aromatic heterocycles. The second kappa shape index (κ2) is 4.73. The maximum atomic E-state index is 6.05. The van der Waals surface area contributed by atoms with Crippen LogP contribution in [0.4, 0.5) is 0 Å². The van der Waals surface area contributed by atoms with Gasteiger partial charge >= 0.3 is 0 Å². The average molecular weight is 244 g/mol. The van der Waals surface area contributed by atoms with Gasteiger partial charge in [-0.1, -0.05) is 49.6 Å². The van der Waals surface area contributed by atoms with Crippen LogP contribution in [-0.4, -0.2) is 3.94 Å². The normalized spacial score (nSPS) is 20.5. The van der Waals surface area contributed by atoms with Gasteiger partial charge in [-0.05, 0) is 42.0 Å². The molecule has 1 nitrogen and oxygen atoms in total. The van der Waals surface area contributed by atoms with Crippen LogP contribution >= 0.6 is 23.6 Å². The molecule has 0 unspecified atom stereocenters. The van der Waals surface area contributed by atoms with E-state index in [2.05, 4.69) is 12.1 Å². The molecule has 15 heavy (non-hydrogen) atoms. The van der Waals surface area contributed by atoms with Crippen LogP contribution in [0, 0.1) is 0 Å². The van der Waals surface area contributed by atoms with Crippen LogP contribution in [-0.2, 0) is 5.54 Å². The second-order valence-electron chi connectivity index (χ2n) is 4.19. The maximum Gasteiger partial charge on any atom is 0.0774 e. The summed E-state index contributed by atoms with van der Waals surface area (Å²) in [6, 6.07) is 10.3. The summed E-state index contributed by atoms with van der Waals surface area (Å²) < 4.78 is 1.36. The van der Waals surface area contributed by atoms with Gasteiger partial charge in [-0.15, -0.1) is 3.94 Å². The van der Waals surface area contributed by atoms with Crippen LogP contribution in [0.1, 0.15) is 37.7 Å². The lowest BCUT2D eigenvalue weighted by Crippen LogP contribution is -2.37. The van der Waals surface area contributed by atoms with Crippen LogP contribution in [0.25, 0.3) is 0 Å². The number of benzene rings is 1. The molecule has 0 aliphatic heterocycles. The van der Waals surface area contributed by atoms with Gasteiger partial charge in [0.2, 0.25) is 0 Å². The van der Waals surface area contributed by atoms with Crippen molar-refractivity contribution in [2.24, 2.45) is 0 Å². The van der Waals surface area contributed by atoms with Crippen molar-refractivity contribution in [1.29, 1.82) is 0 Å². The SMILES string of the molecule is ClN(Cl)C1(c2ccccc2)CCCCC1. The lowest BCUT2D eigenvalue weighted by molar-refractivity contribution is 0.202. The predicted molar refractivity (Wildman–Crippen MR) is 64.8 cm³/mol. The monoisotopic (exact) mass is 243 g/mol. The van der Waals surface area contributed by atoms with E-state index in [0.29, 0.717) is 0 Å². The van der Waals surface area contributed by atoms with Gasteiger partial charge in [-0.2, -0.15) is 0 Å². The molecule has 0 radical (unpaired) electrons. The molecule has 0 saturated heterocycles. The third kappa shape index (κ3) is 2.15. The van der Waals surface area contributed by atoms with Crippen molar-refractivity contribution in [3.05, 3.63) is 35.9 Å². The summed E-state index contributed by atoms with van der Waals surface area (Å²) >= 11 is 12.1. The lowest BCUT2D eigenvalue weighted by Gasteiger charge is -2.39. The predicted octanol–water partition coefficient (Wildman–Crippen LogP) is 4.46. The molecule has 0 N–H and O–H groups in total. The third-order valence-corrected chi connectivity index (χ3v) is 3.96. The summed E-state index contributed by atoms with van der Waals surface area (Å²) in [5, 5.41) is 0. The van der Waals surface area contributed by atoms with Crippen LogP contribution in [0.3, 0.4) is 0 Å². The van der Waals surface area contributed by atoms with Crippen molar-refractivity contribution in [2.75, 3.05) is 0 Å². The molecule has 1 saturated carbocycles. The lowest BCUT2D eigenvalue weighted by atomic mass is 9.77. The second-order valence-corrected chi connectivity index (χ2v) is 5.04. The molecule has 0 spiro atoms. The summed E-state index contributed by atoms with van der Waals surface area (Å²) in [4.78, 5) is 0. The van der Waals surface area contributed by atoms with Gasteiger partial charge in [-0.3, -0.25) is 0 Å². The van der Waals surface area contributed by atoms with Crippen molar-refractivity contribution in [3.8, 4) is 0 Å². The average Bonchev–Trinajstić information content (AvgIpc) is 2.31. The minimum absolute atomic E-state index is 0.164. The van der Waals surface area contributed by atoms with Crippen LogP contribution in [0.5, 0.6) is 0 Å². The zero-order chi connectivity index (χ0) is 10.7. The Morgan fingerprint density at radius 2 is 1.53 bits per heavy atom. The number of rotatable bonds is 2. The summed E-state index contributed by atoms with van der Waals surface area (Å²) in [6.45, 7) is 0. The Morgan fingerprint density at radius 1 is 0.933 bits per heavy atom. The van der Waals surface area contributed by atoms with Crippen LogP contribution < -0.4 is 0 Å². The van der Waals surface area contributed by atoms with Crippen molar-refractivity contribution in [3.63, 3.8) is 0 Å². The fraction of sp³-hybridized carbons (Fsp3) is 0.500. The molecule has 3 heteroatoms. The van der Waals surface area contributed by atoms with Crippen LogP contribution in [0.15, 0.2) is 30.3 Å². The number of nitrogens with zero attached hydrogens (tertiary/aromatic N) is 1. The summed E-state index contributed by atoms with van der Waals surface area (Å²) in [6.07, 6.45) is 5.78. The third-order valence-electron chi connectivity index (χ3n) is 3.32. The Bertz CT molecular complexity index is 305. The summed E-state index contributed by atoms with van der Waals surface area (Å²) in [5.41, 5.74) is 1.07. The molecule has 1 aromatic carbocycles. The van der Waals surface area contributed by atoms with E-state index in [1.165, 1.54) is 28.8 Å². The highest BCUT2D eigenvalue weighted by atomic mass is 35.5. The topological polar surface area (TPSA) is 3.24 Å². The molecule has 1 aliphatic carbocycles. The van der Waals surface area contributed by atoms with Crippen molar-refractivity contribution < 1.29 is 0 Å². The van der Waals surface area contributed by atoms with E-state index in [1.54, 1.807) is 0 Å². The maximum absolute atomic E-state index is 6.05. The molecule has 1 aliphatic rings. The van der Waals surface area contributed by atoms with Gasteiger partial charge in [-0.25, -0.2) is 0 Å². The highest BCUT2D eigenvalue weighted by molar-refractivity contribution is 6.34. The first kappa shape index (κ1) is 11.3. The summed E-state index contributed by atoms with van der Waals surface area (Å²) in [7, 11) is 0. The van der Waals surface area contributed by atoms with Gasteiger partial charge in [0.05, 0.1) is 5.54 Å². The van der Waals surface area contributed by atoms with Crippen LogP contribution in [0.2, 0.25) is 0 Å². The Kier molecular flexibility index (Phi) is 3.55. The molecule has 0 amide bonds. The largest absolute Gasteiger partial charge is 0.121 e. The Balaban J connectivity index is 2.34. The quantitative estimate of drug-likeness (QED) is 0.694. The van der Waals surface area contributed by atoms with Crippen molar-refractivity contribution in [1.82, 2.24) is 3.94 Å². The van der Waals surface area contributed by atoms with E-state index in [9.17, 15) is 0 Å².